The first-order chi connectivity index (χ1) is 9.70. The van der Waals surface area contributed by atoms with Crippen molar-refractivity contribution in [2.45, 2.75) is 63.7 Å². The highest BCUT2D eigenvalue weighted by Gasteiger charge is 2.48. The van der Waals surface area contributed by atoms with Gasteiger partial charge in [-0.1, -0.05) is 0 Å². The largest absolute Gasteiger partial charge is 0.383 e. The lowest BCUT2D eigenvalue weighted by Gasteiger charge is -2.46. The normalized spacial score (nSPS) is 20.5. The van der Waals surface area contributed by atoms with Gasteiger partial charge in [0.05, 0.1) is 17.7 Å². The van der Waals surface area contributed by atoms with Gasteiger partial charge in [0.25, 0.3) is 5.91 Å². The quantitative estimate of drug-likeness (QED) is 0.363. The van der Waals surface area contributed by atoms with Crippen LogP contribution in [0.4, 0.5) is 0 Å². The Morgan fingerprint density at radius 3 is 2.38 bits per heavy atom. The average Bonchev–Trinajstić information content (AvgIpc) is 2.31. The highest BCUT2D eigenvalue weighted by molar-refractivity contribution is 5.82. The first-order valence-corrected chi connectivity index (χ1v) is 7.28. The number of nitrogens with one attached hydrogen (secondary N) is 2. The molecule has 4 N–H and O–H groups in total. The number of hydrogen-bond donors (Lipinski definition) is 4. The molecule has 1 amide bonds. The van der Waals surface area contributed by atoms with Crippen molar-refractivity contribution < 1.29 is 24.5 Å². The molecule has 2 unspecified atom stereocenters. The molecule has 7 nitrogen and oxygen atoms in total. The van der Waals surface area contributed by atoms with Gasteiger partial charge in [0.15, 0.2) is 6.10 Å². The van der Waals surface area contributed by atoms with Crippen LogP contribution in [-0.4, -0.2) is 60.0 Å². The van der Waals surface area contributed by atoms with E-state index in [4.69, 9.17) is 9.47 Å². The Hall–Kier alpha value is -0.730. The van der Waals surface area contributed by atoms with Crippen molar-refractivity contribution in [1.82, 2.24) is 10.6 Å². The topological polar surface area (TPSA) is 100 Å². The van der Waals surface area contributed by atoms with Crippen LogP contribution in [0.25, 0.3) is 0 Å². The van der Waals surface area contributed by atoms with Gasteiger partial charge < -0.3 is 25.0 Å². The monoisotopic (exact) mass is 304 g/mol. The van der Waals surface area contributed by atoms with Crippen LogP contribution >= 0.6 is 0 Å². The van der Waals surface area contributed by atoms with E-state index in [0.29, 0.717) is 26.0 Å². The minimum Gasteiger partial charge on any atom is -0.383 e. The molecule has 1 fully saturated rings. The third-order valence-electron chi connectivity index (χ3n) is 3.50. The van der Waals surface area contributed by atoms with Crippen LogP contribution in [0.5, 0.6) is 0 Å². The van der Waals surface area contributed by atoms with Gasteiger partial charge in [-0.05, 0) is 40.0 Å². The number of rotatable bonds is 8. The number of amides is 1. The number of carbonyl (C=O) groups excluding carboxylic acids is 1. The molecule has 0 aromatic heterocycles. The number of carbonyl (C=O) groups is 1. The third-order valence-corrected chi connectivity index (χ3v) is 3.50. The molecule has 0 aromatic carbocycles. The maximum absolute atomic E-state index is 11.9. The second-order valence-corrected chi connectivity index (χ2v) is 6.42. The van der Waals surface area contributed by atoms with Crippen molar-refractivity contribution in [3.05, 3.63) is 0 Å². The molecule has 1 aliphatic carbocycles. The fourth-order valence-electron chi connectivity index (χ4n) is 2.29. The van der Waals surface area contributed by atoms with Crippen molar-refractivity contribution in [2.75, 3.05) is 20.3 Å². The van der Waals surface area contributed by atoms with Crippen molar-refractivity contribution in [2.24, 2.45) is 0 Å². The van der Waals surface area contributed by atoms with Crippen LogP contribution in [0.1, 0.15) is 40.0 Å². The molecule has 0 aromatic rings. The summed E-state index contributed by atoms with van der Waals surface area (Å²) in [4.78, 5) is 11.9. The maximum Gasteiger partial charge on any atom is 0.250 e. The molecule has 0 radical (unpaired) electrons. The predicted molar refractivity (Wildman–Crippen MR) is 77.5 cm³/mol. The number of aliphatic hydroxyl groups is 2. The molecule has 0 bridgehead atoms. The highest BCUT2D eigenvalue weighted by Crippen LogP contribution is 2.35. The summed E-state index contributed by atoms with van der Waals surface area (Å²) in [5, 5.41) is 25.6. The number of ether oxygens (including phenoxy) is 2. The Balaban J connectivity index is 2.56. The van der Waals surface area contributed by atoms with Crippen LogP contribution < -0.4 is 10.6 Å². The van der Waals surface area contributed by atoms with Crippen LogP contribution in [0.3, 0.4) is 0 Å². The average molecular weight is 304 g/mol. The van der Waals surface area contributed by atoms with Crippen molar-refractivity contribution in [1.29, 1.82) is 0 Å². The van der Waals surface area contributed by atoms with Crippen LogP contribution in [-0.2, 0) is 14.3 Å². The molecule has 0 aliphatic heterocycles. The molecule has 7 heteroatoms. The summed E-state index contributed by atoms with van der Waals surface area (Å²) in [6, 6.07) is 0. The van der Waals surface area contributed by atoms with Crippen LogP contribution in [0.2, 0.25) is 0 Å². The molecule has 2 atom stereocenters. The second-order valence-electron chi connectivity index (χ2n) is 6.42. The molecule has 0 saturated heterocycles. The second kappa shape index (κ2) is 7.51. The number of methoxy groups -OCH3 is 1. The van der Waals surface area contributed by atoms with E-state index in [-0.39, 0.29) is 0 Å². The van der Waals surface area contributed by atoms with Gasteiger partial charge in [-0.2, -0.15) is 0 Å². The highest BCUT2D eigenvalue weighted by atomic mass is 16.6. The van der Waals surface area contributed by atoms with Gasteiger partial charge in [0.2, 0.25) is 6.41 Å². The number of hydrogen-bond acceptors (Lipinski definition) is 6. The van der Waals surface area contributed by atoms with E-state index in [9.17, 15) is 15.0 Å². The fraction of sp³-hybridized carbons (Fsp3) is 0.929. The van der Waals surface area contributed by atoms with E-state index in [0.717, 1.165) is 6.42 Å². The van der Waals surface area contributed by atoms with Gasteiger partial charge in [-0.25, -0.2) is 0 Å². The fourth-order valence-corrected chi connectivity index (χ4v) is 2.29. The van der Waals surface area contributed by atoms with Crippen molar-refractivity contribution >= 4 is 5.91 Å². The standard InChI is InChI=1S/C14H28N2O5/c1-13(2,3)21-12(19)16-14(6-5-7-14)10(17)11(18)15-8-9-20-4/h10,12,16-17,19H,5-9H2,1-4H3,(H,15,18). The molecule has 0 heterocycles. The summed E-state index contributed by atoms with van der Waals surface area (Å²) in [7, 11) is 1.54. The van der Waals surface area contributed by atoms with Crippen molar-refractivity contribution in [3.63, 3.8) is 0 Å². The van der Waals surface area contributed by atoms with Gasteiger partial charge in [0.1, 0.15) is 0 Å². The molecular weight excluding hydrogens is 276 g/mol. The third kappa shape index (κ3) is 5.52. The molecule has 1 aliphatic rings. The smallest absolute Gasteiger partial charge is 0.250 e. The molecule has 1 rings (SSSR count). The van der Waals surface area contributed by atoms with E-state index in [1.807, 2.05) is 20.8 Å². The summed E-state index contributed by atoms with van der Waals surface area (Å²) in [5.74, 6) is -0.470. The Morgan fingerprint density at radius 2 is 1.95 bits per heavy atom. The minimum atomic E-state index is -1.23. The van der Waals surface area contributed by atoms with Crippen LogP contribution in [0, 0.1) is 0 Å². The summed E-state index contributed by atoms with van der Waals surface area (Å²) in [6.45, 7) is 6.18. The van der Waals surface area contributed by atoms with Gasteiger partial charge in [0, 0.05) is 13.7 Å². The molecular formula is C14H28N2O5. The van der Waals surface area contributed by atoms with E-state index >= 15 is 0 Å². The van der Waals surface area contributed by atoms with Gasteiger partial charge in [-0.3, -0.25) is 10.1 Å². The van der Waals surface area contributed by atoms with Gasteiger partial charge >= 0.3 is 0 Å². The zero-order valence-electron chi connectivity index (χ0n) is 13.3. The maximum atomic E-state index is 11.9. The SMILES string of the molecule is COCCNC(=O)C(O)C1(NC(O)OC(C)(C)C)CCC1. The zero-order valence-corrected chi connectivity index (χ0v) is 13.3. The lowest BCUT2D eigenvalue weighted by molar-refractivity contribution is -0.205. The summed E-state index contributed by atoms with van der Waals surface area (Å²) in [6.07, 6.45) is -0.363. The lowest BCUT2D eigenvalue weighted by Crippen LogP contribution is -2.66. The predicted octanol–water partition coefficient (Wildman–Crippen LogP) is -0.287. The Bertz CT molecular complexity index is 339. The first-order valence-electron chi connectivity index (χ1n) is 7.28. The summed E-state index contributed by atoms with van der Waals surface area (Å²) in [5.41, 5.74) is -1.36. The van der Waals surface area contributed by atoms with E-state index in [1.165, 1.54) is 7.11 Å². The molecule has 0 spiro atoms. The zero-order chi connectivity index (χ0) is 16.1. The Morgan fingerprint density at radius 1 is 1.33 bits per heavy atom. The lowest BCUT2D eigenvalue weighted by atomic mass is 9.72. The van der Waals surface area contributed by atoms with E-state index < -0.39 is 29.6 Å². The summed E-state index contributed by atoms with van der Waals surface area (Å²) < 4.78 is 10.2. The first kappa shape index (κ1) is 18.3. The molecule has 124 valence electrons. The van der Waals surface area contributed by atoms with Crippen LogP contribution in [0.15, 0.2) is 0 Å². The minimum absolute atomic E-state index is 0.337. The summed E-state index contributed by atoms with van der Waals surface area (Å²) >= 11 is 0. The molecule has 21 heavy (non-hydrogen) atoms. The van der Waals surface area contributed by atoms with E-state index in [1.54, 1.807) is 0 Å². The van der Waals surface area contributed by atoms with Crippen molar-refractivity contribution in [3.8, 4) is 0 Å². The number of aliphatic hydroxyl groups excluding tert-OH is 2. The molecule has 1 saturated carbocycles. The Labute approximate surface area is 126 Å². The van der Waals surface area contributed by atoms with E-state index in [2.05, 4.69) is 10.6 Å². The Kier molecular flexibility index (Phi) is 6.55. The van der Waals surface area contributed by atoms with Gasteiger partial charge in [-0.15, -0.1) is 0 Å².